The number of aryl methyl sites for hydroxylation is 1. The molecule has 2 amide bonds. The molecule has 0 bridgehead atoms. The number of carbonyl (C=O) groups is 3. The number of aliphatic carboxylic acids is 1. The Balaban J connectivity index is 2.86. The molecule has 0 aliphatic carbocycles. The lowest BCUT2D eigenvalue weighted by atomic mass is 10.0. The van der Waals surface area contributed by atoms with Gasteiger partial charge in [-0.25, -0.2) is 4.79 Å². The van der Waals surface area contributed by atoms with Crippen LogP contribution in [0.25, 0.3) is 0 Å². The molecule has 146 valence electrons. The molecular weight excluding hydrogens is 348 g/mol. The number of hydrogen-bond donors (Lipinski definition) is 3. The van der Waals surface area contributed by atoms with Gasteiger partial charge in [-0.15, -0.1) is 6.42 Å². The van der Waals surface area contributed by atoms with Gasteiger partial charge in [-0.2, -0.15) is 0 Å². The molecule has 2 atom stereocenters. The van der Waals surface area contributed by atoms with E-state index in [0.717, 1.165) is 11.1 Å². The van der Waals surface area contributed by atoms with Crippen molar-refractivity contribution < 1.29 is 24.2 Å². The number of terminal acetylenes is 1. The summed E-state index contributed by atoms with van der Waals surface area (Å²) in [5.41, 5.74) is 1.19. The van der Waals surface area contributed by atoms with E-state index in [1.54, 1.807) is 20.8 Å². The molecule has 0 unspecified atom stereocenters. The van der Waals surface area contributed by atoms with Crippen molar-refractivity contribution in [1.82, 2.24) is 10.6 Å². The highest BCUT2D eigenvalue weighted by Gasteiger charge is 2.26. The molecule has 1 aromatic carbocycles. The second-order valence-electron chi connectivity index (χ2n) is 7.19. The molecular formula is C20H26N2O5. The van der Waals surface area contributed by atoms with Crippen molar-refractivity contribution in [2.75, 3.05) is 6.54 Å². The molecule has 1 rings (SSSR count). The van der Waals surface area contributed by atoms with Gasteiger partial charge in [0.1, 0.15) is 17.6 Å². The third-order valence-corrected chi connectivity index (χ3v) is 3.55. The monoisotopic (exact) mass is 374 g/mol. The average molecular weight is 374 g/mol. The first-order chi connectivity index (χ1) is 12.5. The summed E-state index contributed by atoms with van der Waals surface area (Å²) in [7, 11) is 0. The number of carbonyl (C=O) groups excluding carboxylic acids is 2. The Hall–Kier alpha value is -3.01. The van der Waals surface area contributed by atoms with Crippen molar-refractivity contribution >= 4 is 18.0 Å². The Labute approximate surface area is 159 Å². The number of benzene rings is 1. The van der Waals surface area contributed by atoms with Crippen LogP contribution in [0.3, 0.4) is 0 Å². The number of nitrogens with one attached hydrogen (secondary N) is 2. The highest BCUT2D eigenvalue weighted by Crippen LogP contribution is 2.10. The van der Waals surface area contributed by atoms with Gasteiger partial charge < -0.3 is 20.5 Å². The molecule has 0 radical (unpaired) electrons. The molecule has 7 heteroatoms. The van der Waals surface area contributed by atoms with Crippen LogP contribution in [0.1, 0.15) is 31.9 Å². The van der Waals surface area contributed by atoms with Gasteiger partial charge in [0.15, 0.2) is 0 Å². The zero-order valence-corrected chi connectivity index (χ0v) is 16.0. The fraction of sp³-hybridized carbons (Fsp3) is 0.450. The van der Waals surface area contributed by atoms with Crippen molar-refractivity contribution in [3.8, 4) is 12.3 Å². The van der Waals surface area contributed by atoms with E-state index in [1.165, 1.54) is 0 Å². The smallest absolute Gasteiger partial charge is 0.408 e. The van der Waals surface area contributed by atoms with Gasteiger partial charge >= 0.3 is 12.1 Å². The number of ether oxygens (including phenoxy) is 1. The molecule has 0 saturated carbocycles. The highest BCUT2D eigenvalue weighted by molar-refractivity contribution is 5.86. The highest BCUT2D eigenvalue weighted by atomic mass is 16.6. The van der Waals surface area contributed by atoms with Crippen LogP contribution in [-0.4, -0.2) is 41.3 Å². The first-order valence-electron chi connectivity index (χ1n) is 8.53. The van der Waals surface area contributed by atoms with Gasteiger partial charge in [-0.05, 0) is 33.3 Å². The van der Waals surface area contributed by atoms with Gasteiger partial charge in [0.05, 0.1) is 0 Å². The van der Waals surface area contributed by atoms with Crippen molar-refractivity contribution in [2.45, 2.75) is 45.8 Å². The Morgan fingerprint density at radius 2 is 1.81 bits per heavy atom. The lowest BCUT2D eigenvalue weighted by Crippen LogP contribution is -2.50. The van der Waals surface area contributed by atoms with Crippen molar-refractivity contribution in [3.63, 3.8) is 0 Å². The zero-order chi connectivity index (χ0) is 20.6. The predicted molar refractivity (Wildman–Crippen MR) is 101 cm³/mol. The summed E-state index contributed by atoms with van der Waals surface area (Å²) >= 11 is 0. The Morgan fingerprint density at radius 3 is 2.30 bits per heavy atom. The minimum atomic E-state index is -1.20. The van der Waals surface area contributed by atoms with Gasteiger partial charge in [0.2, 0.25) is 5.91 Å². The van der Waals surface area contributed by atoms with Crippen molar-refractivity contribution in [2.24, 2.45) is 5.92 Å². The molecule has 3 N–H and O–H groups in total. The number of rotatable bonds is 7. The molecule has 0 fully saturated rings. The Morgan fingerprint density at radius 1 is 1.22 bits per heavy atom. The van der Waals surface area contributed by atoms with E-state index in [1.807, 2.05) is 31.2 Å². The standard InChI is InChI=1S/C20H26N2O5/c1-6-15(18(24)25)12-21-17(23)16(22-19(26)27-20(3,4)5)11-14-9-7-13(2)8-10-14/h1,7-10,15-16H,11-12H2,2-5H3,(H,21,23)(H,22,26)(H,24,25)/t15-,16-/m0/s1. The molecule has 0 aliphatic heterocycles. The Kier molecular flexibility index (Phi) is 7.85. The topological polar surface area (TPSA) is 105 Å². The molecule has 0 saturated heterocycles. The number of amides is 2. The largest absolute Gasteiger partial charge is 0.480 e. The van der Waals surface area contributed by atoms with Gasteiger partial charge in [-0.3, -0.25) is 9.59 Å². The minimum Gasteiger partial charge on any atom is -0.480 e. The number of alkyl carbamates (subject to hydrolysis) is 1. The molecule has 0 heterocycles. The van der Waals surface area contributed by atoms with Crippen LogP contribution >= 0.6 is 0 Å². The van der Waals surface area contributed by atoms with E-state index in [0.29, 0.717) is 0 Å². The quantitative estimate of drug-likeness (QED) is 0.632. The Bertz CT molecular complexity index is 713. The summed E-state index contributed by atoms with van der Waals surface area (Å²) in [6, 6.07) is 6.57. The molecule has 0 spiro atoms. The number of carboxylic acids is 1. The van der Waals surface area contributed by atoms with Crippen molar-refractivity contribution in [3.05, 3.63) is 35.4 Å². The normalized spacial score (nSPS) is 13.0. The van der Waals surface area contributed by atoms with Gasteiger partial charge in [-0.1, -0.05) is 35.7 Å². The van der Waals surface area contributed by atoms with Crippen molar-refractivity contribution in [1.29, 1.82) is 0 Å². The maximum Gasteiger partial charge on any atom is 0.408 e. The second kappa shape index (κ2) is 9.62. The van der Waals surface area contributed by atoms with E-state index in [9.17, 15) is 14.4 Å². The van der Waals surface area contributed by atoms with Crippen LogP contribution in [0.5, 0.6) is 0 Å². The molecule has 1 aromatic rings. The van der Waals surface area contributed by atoms with E-state index in [2.05, 4.69) is 16.6 Å². The van der Waals surface area contributed by atoms with Crippen LogP contribution in [0, 0.1) is 25.2 Å². The first kappa shape index (κ1) is 22.0. The summed E-state index contributed by atoms with van der Waals surface area (Å²) in [5, 5.41) is 14.0. The fourth-order valence-corrected chi connectivity index (χ4v) is 2.16. The van der Waals surface area contributed by atoms with Crippen LogP contribution in [0.15, 0.2) is 24.3 Å². The molecule has 0 aliphatic rings. The van der Waals surface area contributed by atoms with Gasteiger partial charge in [0.25, 0.3) is 0 Å². The first-order valence-corrected chi connectivity index (χ1v) is 8.53. The van der Waals surface area contributed by atoms with Crippen LogP contribution in [0.2, 0.25) is 0 Å². The molecule has 7 nitrogen and oxygen atoms in total. The number of carboxylic acid groups (broad SMARTS) is 1. The van der Waals surface area contributed by atoms with Gasteiger partial charge in [0, 0.05) is 13.0 Å². The van der Waals surface area contributed by atoms with E-state index < -0.39 is 35.5 Å². The van der Waals surface area contributed by atoms with Crippen LogP contribution in [-0.2, 0) is 20.7 Å². The van der Waals surface area contributed by atoms with E-state index in [4.69, 9.17) is 16.3 Å². The predicted octanol–water partition coefficient (Wildman–Crippen LogP) is 1.88. The minimum absolute atomic E-state index is 0.221. The van der Waals surface area contributed by atoms with E-state index >= 15 is 0 Å². The lowest BCUT2D eigenvalue weighted by Gasteiger charge is -2.23. The maximum absolute atomic E-state index is 12.5. The third-order valence-electron chi connectivity index (χ3n) is 3.55. The zero-order valence-electron chi connectivity index (χ0n) is 16.0. The molecule has 27 heavy (non-hydrogen) atoms. The molecule has 0 aromatic heterocycles. The second-order valence-corrected chi connectivity index (χ2v) is 7.19. The number of hydrogen-bond acceptors (Lipinski definition) is 4. The SMILES string of the molecule is C#C[C@@H](CNC(=O)[C@H](Cc1ccc(C)cc1)NC(=O)OC(C)(C)C)C(=O)O. The fourth-order valence-electron chi connectivity index (χ4n) is 2.16. The summed E-state index contributed by atoms with van der Waals surface area (Å²) in [5.74, 6) is -0.786. The summed E-state index contributed by atoms with van der Waals surface area (Å²) in [6.07, 6.45) is 4.64. The van der Waals surface area contributed by atoms with Crippen LogP contribution in [0.4, 0.5) is 4.79 Å². The summed E-state index contributed by atoms with van der Waals surface area (Å²) < 4.78 is 5.20. The van der Waals surface area contributed by atoms with Crippen LogP contribution < -0.4 is 10.6 Å². The summed E-state index contributed by atoms with van der Waals surface area (Å²) in [4.78, 5) is 35.6. The van der Waals surface area contributed by atoms with E-state index in [-0.39, 0.29) is 13.0 Å². The maximum atomic E-state index is 12.5. The third kappa shape index (κ3) is 8.27. The lowest BCUT2D eigenvalue weighted by molar-refractivity contribution is -0.139. The summed E-state index contributed by atoms with van der Waals surface area (Å²) in [6.45, 7) is 6.86. The average Bonchev–Trinajstić information content (AvgIpc) is 2.54.